The maximum atomic E-state index is 5.64. The molecule has 1 unspecified atom stereocenters. The Bertz CT molecular complexity index is 709. The van der Waals surface area contributed by atoms with Gasteiger partial charge in [0, 0.05) is 26.2 Å². The number of imidazole rings is 1. The van der Waals surface area contributed by atoms with Crippen LogP contribution in [0.15, 0.2) is 29.3 Å². The van der Waals surface area contributed by atoms with Crippen molar-refractivity contribution in [1.82, 2.24) is 20.2 Å². The Hall–Kier alpha value is -1.35. The van der Waals surface area contributed by atoms with E-state index in [0.717, 1.165) is 69.3 Å². The molecule has 6 nitrogen and oxygen atoms in total. The van der Waals surface area contributed by atoms with Gasteiger partial charge in [-0.3, -0.25) is 4.99 Å². The van der Waals surface area contributed by atoms with Gasteiger partial charge in [-0.05, 0) is 45.2 Å². The predicted molar refractivity (Wildman–Crippen MR) is 117 cm³/mol. The van der Waals surface area contributed by atoms with E-state index in [9.17, 15) is 0 Å². The standard InChI is InChI=1S/C19H29N5O.HI/c1-3-20-19(22-14-16-8-6-13-25-16)21-11-7-12-24-15(2)23-17-9-4-5-10-18(17)24;/h4-5,9-10,16H,3,6-8,11-14H2,1-2H3,(H2,20,21,22);1H. The van der Waals surface area contributed by atoms with Gasteiger partial charge in [0.2, 0.25) is 0 Å². The van der Waals surface area contributed by atoms with Crippen LogP contribution in [0.25, 0.3) is 11.0 Å². The number of nitrogens with one attached hydrogen (secondary N) is 2. The molecule has 1 aliphatic heterocycles. The SMILES string of the molecule is CCNC(=NCC1CCCO1)NCCCn1c(C)nc2ccccc21.I. The number of aromatic nitrogens is 2. The smallest absolute Gasteiger partial charge is 0.191 e. The lowest BCUT2D eigenvalue weighted by atomic mass is 10.2. The summed E-state index contributed by atoms with van der Waals surface area (Å²) in [6, 6.07) is 8.31. The predicted octanol–water partition coefficient (Wildman–Crippen LogP) is 3.09. The molecule has 0 radical (unpaired) electrons. The number of halogens is 1. The topological polar surface area (TPSA) is 63.5 Å². The molecular weight excluding hydrogens is 441 g/mol. The second kappa shape index (κ2) is 10.7. The second-order valence-electron chi connectivity index (χ2n) is 6.43. The third kappa shape index (κ3) is 5.57. The summed E-state index contributed by atoms with van der Waals surface area (Å²) < 4.78 is 7.92. The fourth-order valence-electron chi connectivity index (χ4n) is 3.25. The van der Waals surface area contributed by atoms with Crippen LogP contribution in [0.1, 0.15) is 32.0 Å². The summed E-state index contributed by atoms with van der Waals surface area (Å²) in [5.41, 5.74) is 2.28. The molecule has 3 rings (SSSR count). The molecule has 0 aliphatic carbocycles. The summed E-state index contributed by atoms with van der Waals surface area (Å²) in [4.78, 5) is 9.27. The lowest BCUT2D eigenvalue weighted by Crippen LogP contribution is -2.38. The van der Waals surface area contributed by atoms with Gasteiger partial charge in [0.25, 0.3) is 0 Å². The fourth-order valence-corrected chi connectivity index (χ4v) is 3.25. The first-order valence-corrected chi connectivity index (χ1v) is 9.33. The zero-order valence-corrected chi connectivity index (χ0v) is 18.0. The zero-order valence-electron chi connectivity index (χ0n) is 15.7. The maximum Gasteiger partial charge on any atom is 0.191 e. The first-order valence-electron chi connectivity index (χ1n) is 9.33. The highest BCUT2D eigenvalue weighted by molar-refractivity contribution is 14.0. The molecule has 0 bridgehead atoms. The average Bonchev–Trinajstić information content (AvgIpc) is 3.24. The molecule has 2 heterocycles. The third-order valence-corrected chi connectivity index (χ3v) is 4.52. The van der Waals surface area contributed by atoms with Crippen molar-refractivity contribution in [3.63, 3.8) is 0 Å². The Balaban J connectivity index is 0.00000243. The molecule has 1 fully saturated rings. The number of guanidine groups is 1. The monoisotopic (exact) mass is 471 g/mol. The summed E-state index contributed by atoms with van der Waals surface area (Å²) in [6.45, 7) is 8.46. The van der Waals surface area contributed by atoms with Crippen LogP contribution in [-0.2, 0) is 11.3 Å². The van der Waals surface area contributed by atoms with Gasteiger partial charge in [0.1, 0.15) is 5.82 Å². The number of fused-ring (bicyclic) bond motifs is 1. The largest absolute Gasteiger partial charge is 0.376 e. The van der Waals surface area contributed by atoms with Crippen molar-refractivity contribution >= 4 is 41.0 Å². The van der Waals surface area contributed by atoms with Gasteiger partial charge in [-0.15, -0.1) is 24.0 Å². The van der Waals surface area contributed by atoms with E-state index in [-0.39, 0.29) is 30.1 Å². The summed E-state index contributed by atoms with van der Waals surface area (Å²) in [5.74, 6) is 1.95. The third-order valence-electron chi connectivity index (χ3n) is 4.52. The summed E-state index contributed by atoms with van der Waals surface area (Å²) in [5, 5.41) is 6.73. The van der Waals surface area contributed by atoms with E-state index in [2.05, 4.69) is 57.2 Å². The van der Waals surface area contributed by atoms with E-state index >= 15 is 0 Å². The van der Waals surface area contributed by atoms with Crippen molar-refractivity contribution in [1.29, 1.82) is 0 Å². The average molecular weight is 471 g/mol. The minimum absolute atomic E-state index is 0. The first kappa shape index (κ1) is 21.0. The highest BCUT2D eigenvalue weighted by Crippen LogP contribution is 2.15. The van der Waals surface area contributed by atoms with Crippen molar-refractivity contribution in [2.75, 3.05) is 26.2 Å². The molecule has 0 saturated carbocycles. The van der Waals surface area contributed by atoms with E-state index < -0.39 is 0 Å². The number of hydrogen-bond donors (Lipinski definition) is 2. The molecule has 1 saturated heterocycles. The molecule has 1 aromatic carbocycles. The van der Waals surface area contributed by atoms with Crippen molar-refractivity contribution in [2.24, 2.45) is 4.99 Å². The van der Waals surface area contributed by atoms with E-state index in [1.165, 1.54) is 5.52 Å². The molecule has 1 atom stereocenters. The number of hydrogen-bond acceptors (Lipinski definition) is 3. The van der Waals surface area contributed by atoms with Gasteiger partial charge in [-0.1, -0.05) is 12.1 Å². The van der Waals surface area contributed by atoms with Gasteiger partial charge in [0.15, 0.2) is 5.96 Å². The lowest BCUT2D eigenvalue weighted by Gasteiger charge is -2.13. The van der Waals surface area contributed by atoms with Crippen molar-refractivity contribution in [2.45, 2.75) is 45.8 Å². The molecule has 1 aromatic heterocycles. The second-order valence-corrected chi connectivity index (χ2v) is 6.43. The highest BCUT2D eigenvalue weighted by Gasteiger charge is 2.14. The normalized spacial score (nSPS) is 17.3. The molecule has 144 valence electrons. The lowest BCUT2D eigenvalue weighted by molar-refractivity contribution is 0.117. The van der Waals surface area contributed by atoms with Gasteiger partial charge < -0.3 is 19.9 Å². The molecule has 2 N–H and O–H groups in total. The van der Waals surface area contributed by atoms with Crippen molar-refractivity contribution in [3.05, 3.63) is 30.1 Å². The van der Waals surface area contributed by atoms with Crippen LogP contribution in [0.3, 0.4) is 0 Å². The highest BCUT2D eigenvalue weighted by atomic mass is 127. The van der Waals surface area contributed by atoms with E-state index in [4.69, 9.17) is 4.74 Å². The summed E-state index contributed by atoms with van der Waals surface area (Å²) >= 11 is 0. The van der Waals surface area contributed by atoms with Gasteiger partial charge in [-0.2, -0.15) is 0 Å². The van der Waals surface area contributed by atoms with E-state index in [0.29, 0.717) is 0 Å². The summed E-state index contributed by atoms with van der Waals surface area (Å²) in [6.07, 6.45) is 3.58. The van der Waals surface area contributed by atoms with Crippen LogP contribution in [-0.4, -0.2) is 47.9 Å². The quantitative estimate of drug-likeness (QED) is 0.282. The van der Waals surface area contributed by atoms with Crippen LogP contribution in [0.2, 0.25) is 0 Å². The molecule has 0 spiro atoms. The van der Waals surface area contributed by atoms with Crippen LogP contribution >= 0.6 is 24.0 Å². The minimum atomic E-state index is 0. The van der Waals surface area contributed by atoms with E-state index in [1.807, 2.05) is 6.07 Å². The number of ether oxygens (including phenoxy) is 1. The van der Waals surface area contributed by atoms with Gasteiger partial charge >= 0.3 is 0 Å². The number of rotatable bonds is 7. The van der Waals surface area contributed by atoms with Crippen LogP contribution < -0.4 is 10.6 Å². The molecule has 1 aliphatic rings. The molecule has 26 heavy (non-hydrogen) atoms. The fraction of sp³-hybridized carbons (Fsp3) is 0.579. The molecule has 2 aromatic rings. The molecule has 0 amide bonds. The zero-order chi connectivity index (χ0) is 17.5. The van der Waals surface area contributed by atoms with Gasteiger partial charge in [0.05, 0.1) is 23.7 Å². The molecular formula is C19H30IN5O. The Morgan fingerprint density at radius 3 is 2.96 bits per heavy atom. The number of aliphatic imine (C=N–C) groups is 1. The molecule has 7 heteroatoms. The van der Waals surface area contributed by atoms with Crippen LogP contribution in [0.4, 0.5) is 0 Å². The number of benzene rings is 1. The van der Waals surface area contributed by atoms with E-state index in [1.54, 1.807) is 0 Å². The number of nitrogens with zero attached hydrogens (tertiary/aromatic N) is 3. The Morgan fingerprint density at radius 2 is 2.19 bits per heavy atom. The maximum absolute atomic E-state index is 5.64. The van der Waals surface area contributed by atoms with Gasteiger partial charge in [-0.25, -0.2) is 4.98 Å². The van der Waals surface area contributed by atoms with Crippen LogP contribution in [0.5, 0.6) is 0 Å². The number of para-hydroxylation sites is 2. The van der Waals surface area contributed by atoms with Crippen molar-refractivity contribution < 1.29 is 4.74 Å². The first-order chi connectivity index (χ1) is 12.3. The Morgan fingerprint density at radius 1 is 1.35 bits per heavy atom. The Labute approximate surface area is 172 Å². The van der Waals surface area contributed by atoms with Crippen LogP contribution in [0, 0.1) is 6.92 Å². The minimum Gasteiger partial charge on any atom is -0.376 e. The Kier molecular flexibility index (Phi) is 8.64. The summed E-state index contributed by atoms with van der Waals surface area (Å²) in [7, 11) is 0. The number of aryl methyl sites for hydroxylation is 2. The van der Waals surface area contributed by atoms with Crippen molar-refractivity contribution in [3.8, 4) is 0 Å².